The van der Waals surface area contributed by atoms with Crippen molar-refractivity contribution in [3.05, 3.63) is 107 Å². The van der Waals surface area contributed by atoms with E-state index in [-0.39, 0.29) is 5.78 Å². The van der Waals surface area contributed by atoms with Gasteiger partial charge in [0, 0.05) is 6.07 Å². The lowest BCUT2D eigenvalue weighted by atomic mass is 10.1. The highest BCUT2D eigenvalue weighted by Gasteiger charge is 2.27. The minimum atomic E-state index is -0.105. The molecule has 0 saturated heterocycles. The fourth-order valence-corrected chi connectivity index (χ4v) is 3.06. The predicted octanol–water partition coefficient (Wildman–Crippen LogP) is 5.70. The number of fused-ring (bicyclic) bond motifs is 1. The Morgan fingerprint density at radius 1 is 0.929 bits per heavy atom. The summed E-state index contributed by atoms with van der Waals surface area (Å²) in [7, 11) is 0. The normalized spacial score (nSPS) is 14.3. The van der Waals surface area contributed by atoms with Gasteiger partial charge in [0.2, 0.25) is 5.78 Å². The van der Waals surface area contributed by atoms with E-state index >= 15 is 0 Å². The van der Waals surface area contributed by atoms with E-state index in [0.717, 1.165) is 16.7 Å². The van der Waals surface area contributed by atoms with Crippen LogP contribution in [0.15, 0.2) is 84.6 Å². The Morgan fingerprint density at radius 3 is 2.57 bits per heavy atom. The number of allylic oxidation sites excluding steroid dienone is 1. The molecule has 1 aliphatic rings. The van der Waals surface area contributed by atoms with Gasteiger partial charge in [-0.3, -0.25) is 4.79 Å². The van der Waals surface area contributed by atoms with Gasteiger partial charge in [-0.2, -0.15) is 0 Å². The lowest BCUT2D eigenvalue weighted by Crippen LogP contribution is -1.98. The van der Waals surface area contributed by atoms with Crippen molar-refractivity contribution in [1.29, 1.82) is 0 Å². The minimum Gasteiger partial charge on any atom is -0.489 e. The Bertz CT molecular complexity index is 1060. The standard InChI is InChI=1S/C25H20O3/c1-18-7-5-10-20(15-18)16-24-25(26)22-13-12-21(17-23(22)28-24)27-14-6-11-19-8-3-2-4-9-19/h2-13,15-17H,14H2,1H3. The molecule has 0 atom stereocenters. The molecule has 138 valence electrons. The SMILES string of the molecule is Cc1cccc(C=C2Oc3cc(OCC=Cc4ccccc4)ccc3C2=O)c1. The summed E-state index contributed by atoms with van der Waals surface area (Å²) in [5.41, 5.74) is 3.77. The summed E-state index contributed by atoms with van der Waals surface area (Å²) in [5.74, 6) is 1.43. The summed E-state index contributed by atoms with van der Waals surface area (Å²) in [4.78, 5) is 12.6. The number of aryl methyl sites for hydroxylation is 1. The zero-order valence-electron chi connectivity index (χ0n) is 15.6. The second-order valence-electron chi connectivity index (χ2n) is 6.64. The van der Waals surface area contributed by atoms with Gasteiger partial charge in [0.05, 0.1) is 5.56 Å². The van der Waals surface area contributed by atoms with Crippen molar-refractivity contribution in [2.24, 2.45) is 0 Å². The molecule has 0 spiro atoms. The molecule has 3 nitrogen and oxygen atoms in total. The van der Waals surface area contributed by atoms with Gasteiger partial charge >= 0.3 is 0 Å². The zero-order chi connectivity index (χ0) is 19.3. The van der Waals surface area contributed by atoms with Gasteiger partial charge in [-0.05, 0) is 42.3 Å². The third-order valence-corrected chi connectivity index (χ3v) is 4.44. The lowest BCUT2D eigenvalue weighted by molar-refractivity contribution is 0.101. The van der Waals surface area contributed by atoms with Crippen molar-refractivity contribution < 1.29 is 14.3 Å². The van der Waals surface area contributed by atoms with Crippen LogP contribution < -0.4 is 9.47 Å². The molecule has 0 N–H and O–H groups in total. The average molecular weight is 368 g/mol. The summed E-state index contributed by atoms with van der Waals surface area (Å²) in [6.07, 6.45) is 5.74. The van der Waals surface area contributed by atoms with Crippen molar-refractivity contribution in [1.82, 2.24) is 0 Å². The number of carbonyl (C=O) groups excluding carboxylic acids is 1. The van der Waals surface area contributed by atoms with Gasteiger partial charge in [-0.15, -0.1) is 0 Å². The van der Waals surface area contributed by atoms with E-state index < -0.39 is 0 Å². The predicted molar refractivity (Wildman–Crippen MR) is 112 cm³/mol. The van der Waals surface area contributed by atoms with E-state index in [9.17, 15) is 4.79 Å². The topological polar surface area (TPSA) is 35.5 Å². The van der Waals surface area contributed by atoms with Gasteiger partial charge in [0.15, 0.2) is 5.76 Å². The van der Waals surface area contributed by atoms with Crippen LogP contribution in [0.2, 0.25) is 0 Å². The first-order valence-corrected chi connectivity index (χ1v) is 9.18. The molecule has 28 heavy (non-hydrogen) atoms. The molecule has 0 aromatic heterocycles. The first-order valence-electron chi connectivity index (χ1n) is 9.18. The van der Waals surface area contributed by atoms with Gasteiger partial charge in [0.25, 0.3) is 0 Å². The summed E-state index contributed by atoms with van der Waals surface area (Å²) >= 11 is 0. The van der Waals surface area contributed by atoms with Crippen LogP contribution in [0.5, 0.6) is 11.5 Å². The fraction of sp³-hybridized carbons (Fsp3) is 0.0800. The largest absolute Gasteiger partial charge is 0.489 e. The van der Waals surface area contributed by atoms with E-state index in [4.69, 9.17) is 9.47 Å². The van der Waals surface area contributed by atoms with Crippen LogP contribution in [0.25, 0.3) is 12.2 Å². The van der Waals surface area contributed by atoms with E-state index in [0.29, 0.717) is 29.4 Å². The van der Waals surface area contributed by atoms with Gasteiger partial charge < -0.3 is 9.47 Å². The Labute approximate surface area is 164 Å². The fourth-order valence-electron chi connectivity index (χ4n) is 3.06. The molecule has 0 unspecified atom stereocenters. The maximum Gasteiger partial charge on any atom is 0.231 e. The lowest BCUT2D eigenvalue weighted by Gasteiger charge is -2.04. The second kappa shape index (κ2) is 7.97. The number of ether oxygens (including phenoxy) is 2. The number of ketones is 1. The molecule has 1 aliphatic heterocycles. The van der Waals surface area contributed by atoms with Crippen LogP contribution in [-0.4, -0.2) is 12.4 Å². The highest BCUT2D eigenvalue weighted by atomic mass is 16.5. The van der Waals surface area contributed by atoms with Crippen molar-refractivity contribution in [2.75, 3.05) is 6.61 Å². The second-order valence-corrected chi connectivity index (χ2v) is 6.64. The molecule has 0 fully saturated rings. The van der Waals surface area contributed by atoms with Crippen LogP contribution in [0.4, 0.5) is 0 Å². The smallest absolute Gasteiger partial charge is 0.231 e. The molecular formula is C25H20O3. The number of rotatable bonds is 5. The van der Waals surface area contributed by atoms with Crippen LogP contribution in [-0.2, 0) is 0 Å². The molecule has 1 heterocycles. The molecule has 4 rings (SSSR count). The first-order chi connectivity index (χ1) is 13.7. The van der Waals surface area contributed by atoms with Gasteiger partial charge in [-0.1, -0.05) is 66.2 Å². The van der Waals surface area contributed by atoms with Crippen molar-refractivity contribution in [3.8, 4) is 11.5 Å². The van der Waals surface area contributed by atoms with Crippen LogP contribution in [0.3, 0.4) is 0 Å². The van der Waals surface area contributed by atoms with Crippen LogP contribution in [0.1, 0.15) is 27.0 Å². The molecule has 0 amide bonds. The van der Waals surface area contributed by atoms with Crippen LogP contribution >= 0.6 is 0 Å². The summed E-state index contributed by atoms with van der Waals surface area (Å²) in [5, 5.41) is 0. The highest BCUT2D eigenvalue weighted by molar-refractivity contribution is 6.14. The number of carbonyl (C=O) groups is 1. The van der Waals surface area contributed by atoms with Crippen LogP contribution in [0, 0.1) is 6.92 Å². The quantitative estimate of drug-likeness (QED) is 0.542. The molecular weight excluding hydrogens is 348 g/mol. The van der Waals surface area contributed by atoms with E-state index in [2.05, 4.69) is 0 Å². The molecule has 0 saturated carbocycles. The maximum atomic E-state index is 12.6. The van der Waals surface area contributed by atoms with Crippen molar-refractivity contribution in [3.63, 3.8) is 0 Å². The average Bonchev–Trinajstić information content (AvgIpc) is 3.01. The highest BCUT2D eigenvalue weighted by Crippen LogP contribution is 2.34. The Morgan fingerprint density at radius 2 is 1.75 bits per heavy atom. The van der Waals surface area contributed by atoms with Gasteiger partial charge in [-0.25, -0.2) is 0 Å². The first kappa shape index (κ1) is 17.8. The molecule has 3 aromatic rings. The van der Waals surface area contributed by atoms with Crippen molar-refractivity contribution >= 4 is 17.9 Å². The summed E-state index contributed by atoms with van der Waals surface area (Å²) < 4.78 is 11.6. The summed E-state index contributed by atoms with van der Waals surface area (Å²) in [6, 6.07) is 23.3. The molecule has 0 aliphatic carbocycles. The molecule has 3 aromatic carbocycles. The molecule has 0 bridgehead atoms. The Hall–Kier alpha value is -3.59. The monoisotopic (exact) mass is 368 g/mol. The maximum absolute atomic E-state index is 12.6. The number of hydrogen-bond donors (Lipinski definition) is 0. The Kier molecular flexibility index (Phi) is 5.07. The van der Waals surface area contributed by atoms with E-state index in [1.54, 1.807) is 24.3 Å². The van der Waals surface area contributed by atoms with E-state index in [1.807, 2.05) is 73.7 Å². The third-order valence-electron chi connectivity index (χ3n) is 4.44. The molecule has 3 heteroatoms. The minimum absolute atomic E-state index is 0.105. The number of benzene rings is 3. The number of hydrogen-bond acceptors (Lipinski definition) is 3. The Balaban J connectivity index is 1.44. The van der Waals surface area contributed by atoms with E-state index in [1.165, 1.54) is 0 Å². The number of Topliss-reactive ketones (excluding diaryl/α,β-unsaturated/α-hetero) is 1. The molecule has 0 radical (unpaired) electrons. The zero-order valence-corrected chi connectivity index (χ0v) is 15.6. The van der Waals surface area contributed by atoms with Crippen molar-refractivity contribution in [2.45, 2.75) is 6.92 Å². The van der Waals surface area contributed by atoms with Gasteiger partial charge in [0.1, 0.15) is 18.1 Å². The summed E-state index contributed by atoms with van der Waals surface area (Å²) in [6.45, 7) is 2.46. The third kappa shape index (κ3) is 4.04.